The predicted octanol–water partition coefficient (Wildman–Crippen LogP) is 1.20. The molecule has 2 heterocycles. The summed E-state index contributed by atoms with van der Waals surface area (Å²) in [6.45, 7) is 4.18. The van der Waals surface area contributed by atoms with Crippen molar-refractivity contribution in [2.45, 2.75) is 32.4 Å². The van der Waals surface area contributed by atoms with Crippen LogP contribution in [0.3, 0.4) is 0 Å². The Labute approximate surface area is 158 Å². The first kappa shape index (κ1) is 19.4. The van der Waals surface area contributed by atoms with Gasteiger partial charge in [-0.3, -0.25) is 19.7 Å². The van der Waals surface area contributed by atoms with Crippen LogP contribution < -0.4 is 10.6 Å². The van der Waals surface area contributed by atoms with Crippen LogP contribution in [0.5, 0.6) is 0 Å². The molecule has 1 aliphatic heterocycles. The van der Waals surface area contributed by atoms with E-state index in [0.717, 1.165) is 0 Å². The minimum absolute atomic E-state index is 0.0507. The van der Waals surface area contributed by atoms with Gasteiger partial charge < -0.3 is 19.4 Å². The summed E-state index contributed by atoms with van der Waals surface area (Å²) in [5.41, 5.74) is 0. The zero-order chi connectivity index (χ0) is 18.6. The number of amides is 2. The molecule has 2 amide bonds. The fraction of sp³-hybridized carbons (Fsp3) is 0.467. The predicted molar refractivity (Wildman–Crippen MR) is 95.8 cm³/mol. The molecule has 2 N–H and O–H groups in total. The number of thiocarbonyl (C=S) groups is 1. The summed E-state index contributed by atoms with van der Waals surface area (Å²) >= 11 is 8.35. The van der Waals surface area contributed by atoms with Crippen LogP contribution in [0.4, 0.5) is 0 Å². The van der Waals surface area contributed by atoms with Crippen molar-refractivity contribution in [3.8, 4) is 0 Å². The number of hydrogen-bond donors (Lipinski definition) is 2. The Morgan fingerprint density at radius 2 is 2.24 bits per heavy atom. The minimum atomic E-state index is -0.837. The molecule has 136 valence electrons. The van der Waals surface area contributed by atoms with Crippen LogP contribution in [0.1, 0.15) is 30.8 Å². The number of ether oxygens (including phenoxy) is 1. The number of esters is 1. The highest BCUT2D eigenvalue weighted by Crippen LogP contribution is 2.15. The van der Waals surface area contributed by atoms with Gasteiger partial charge in [0.2, 0.25) is 5.91 Å². The van der Waals surface area contributed by atoms with Gasteiger partial charge in [0.25, 0.3) is 5.91 Å². The maximum Gasteiger partial charge on any atom is 0.308 e. The van der Waals surface area contributed by atoms with Gasteiger partial charge in [0, 0.05) is 13.1 Å². The SMILES string of the molecule is CC(C)OC(=O)C[C@H]1C(=O)NCCN1C(=S)NC(=O)c1ccc(Br)o1. The van der Waals surface area contributed by atoms with E-state index in [1.54, 1.807) is 19.9 Å². The summed E-state index contributed by atoms with van der Waals surface area (Å²) in [6, 6.07) is 2.23. The van der Waals surface area contributed by atoms with E-state index in [1.165, 1.54) is 11.0 Å². The number of furan rings is 1. The third-order valence-electron chi connectivity index (χ3n) is 3.34. The van der Waals surface area contributed by atoms with Crippen molar-refractivity contribution in [1.82, 2.24) is 15.5 Å². The van der Waals surface area contributed by atoms with E-state index in [4.69, 9.17) is 21.4 Å². The number of carbonyl (C=O) groups is 3. The van der Waals surface area contributed by atoms with Crippen molar-refractivity contribution in [2.75, 3.05) is 13.1 Å². The number of piperazine rings is 1. The van der Waals surface area contributed by atoms with Gasteiger partial charge in [-0.25, -0.2) is 0 Å². The lowest BCUT2D eigenvalue weighted by atomic mass is 10.1. The largest absolute Gasteiger partial charge is 0.463 e. The molecule has 1 atom stereocenters. The molecule has 0 aromatic carbocycles. The van der Waals surface area contributed by atoms with E-state index in [9.17, 15) is 14.4 Å². The molecule has 0 radical (unpaired) electrons. The molecule has 0 bridgehead atoms. The maximum atomic E-state index is 12.1. The van der Waals surface area contributed by atoms with E-state index in [2.05, 4.69) is 26.6 Å². The van der Waals surface area contributed by atoms with Crippen LogP contribution in [-0.4, -0.2) is 53.0 Å². The average molecular weight is 432 g/mol. The summed E-state index contributed by atoms with van der Waals surface area (Å²) in [6.07, 6.45) is -0.441. The Bertz CT molecular complexity index is 690. The van der Waals surface area contributed by atoms with Gasteiger partial charge in [0.1, 0.15) is 6.04 Å². The van der Waals surface area contributed by atoms with Crippen LogP contribution in [0, 0.1) is 0 Å². The van der Waals surface area contributed by atoms with Crippen LogP contribution in [-0.2, 0) is 14.3 Å². The van der Waals surface area contributed by atoms with Gasteiger partial charge in [-0.1, -0.05) is 0 Å². The number of nitrogens with one attached hydrogen (secondary N) is 2. The normalized spacial score (nSPS) is 17.2. The van der Waals surface area contributed by atoms with Gasteiger partial charge in [-0.15, -0.1) is 0 Å². The second kappa shape index (κ2) is 8.43. The number of carbonyl (C=O) groups excluding carboxylic acids is 3. The molecule has 1 aromatic heterocycles. The van der Waals surface area contributed by atoms with E-state index in [1.807, 2.05) is 0 Å². The Morgan fingerprint density at radius 1 is 1.52 bits per heavy atom. The van der Waals surface area contributed by atoms with Crippen molar-refractivity contribution in [1.29, 1.82) is 0 Å². The molecule has 1 aliphatic rings. The summed E-state index contributed by atoms with van der Waals surface area (Å²) < 4.78 is 10.7. The summed E-state index contributed by atoms with van der Waals surface area (Å²) in [5.74, 6) is -1.31. The fourth-order valence-electron chi connectivity index (χ4n) is 2.30. The van der Waals surface area contributed by atoms with Gasteiger partial charge in [-0.2, -0.15) is 0 Å². The van der Waals surface area contributed by atoms with E-state index in [-0.39, 0.29) is 29.3 Å². The van der Waals surface area contributed by atoms with Crippen molar-refractivity contribution < 1.29 is 23.5 Å². The van der Waals surface area contributed by atoms with Gasteiger partial charge >= 0.3 is 5.97 Å². The first-order valence-corrected chi connectivity index (χ1v) is 8.82. The molecule has 1 fully saturated rings. The van der Waals surface area contributed by atoms with Gasteiger partial charge in [0.15, 0.2) is 15.5 Å². The second-order valence-electron chi connectivity index (χ2n) is 5.61. The van der Waals surface area contributed by atoms with Crippen molar-refractivity contribution >= 4 is 51.0 Å². The van der Waals surface area contributed by atoms with Gasteiger partial charge in [-0.05, 0) is 54.1 Å². The first-order chi connectivity index (χ1) is 11.8. The minimum Gasteiger partial charge on any atom is -0.463 e. The monoisotopic (exact) mass is 431 g/mol. The Morgan fingerprint density at radius 3 is 2.84 bits per heavy atom. The number of rotatable bonds is 4. The molecule has 1 saturated heterocycles. The molecule has 2 rings (SSSR count). The van der Waals surface area contributed by atoms with E-state index < -0.39 is 17.9 Å². The first-order valence-electron chi connectivity index (χ1n) is 7.62. The molecule has 0 spiro atoms. The van der Waals surface area contributed by atoms with E-state index >= 15 is 0 Å². The lowest BCUT2D eigenvalue weighted by Crippen LogP contribution is -2.60. The summed E-state index contributed by atoms with van der Waals surface area (Å²) in [4.78, 5) is 37.7. The third-order valence-corrected chi connectivity index (χ3v) is 4.10. The zero-order valence-corrected chi connectivity index (χ0v) is 16.1. The van der Waals surface area contributed by atoms with Crippen LogP contribution in [0.2, 0.25) is 0 Å². The number of halogens is 1. The van der Waals surface area contributed by atoms with Crippen molar-refractivity contribution in [2.24, 2.45) is 0 Å². The number of hydrogen-bond acceptors (Lipinski definition) is 6. The highest BCUT2D eigenvalue weighted by atomic mass is 79.9. The van der Waals surface area contributed by atoms with Crippen LogP contribution >= 0.6 is 28.1 Å². The highest BCUT2D eigenvalue weighted by Gasteiger charge is 2.34. The quantitative estimate of drug-likeness (QED) is 0.545. The summed E-state index contributed by atoms with van der Waals surface area (Å²) in [7, 11) is 0. The number of nitrogens with zero attached hydrogens (tertiary/aromatic N) is 1. The lowest BCUT2D eigenvalue weighted by molar-refractivity contribution is -0.150. The molecule has 10 heteroatoms. The smallest absolute Gasteiger partial charge is 0.308 e. The molecule has 0 saturated carbocycles. The molecule has 0 unspecified atom stereocenters. The van der Waals surface area contributed by atoms with E-state index in [0.29, 0.717) is 17.8 Å². The molecule has 0 aliphatic carbocycles. The maximum absolute atomic E-state index is 12.1. The van der Waals surface area contributed by atoms with Crippen LogP contribution in [0.15, 0.2) is 21.2 Å². The fourth-order valence-corrected chi connectivity index (χ4v) is 2.91. The zero-order valence-electron chi connectivity index (χ0n) is 13.7. The Kier molecular flexibility index (Phi) is 6.54. The standard InChI is InChI=1S/C15H18BrN3O5S/c1-8(2)23-12(20)7-9-13(21)17-5-6-19(9)15(25)18-14(22)10-3-4-11(16)24-10/h3-4,8-9H,5-7H2,1-2H3,(H,17,21)(H,18,22,25)/t9-/m0/s1. The molecule has 25 heavy (non-hydrogen) atoms. The second-order valence-corrected chi connectivity index (χ2v) is 6.77. The molecule has 1 aromatic rings. The topological polar surface area (TPSA) is 101 Å². The van der Waals surface area contributed by atoms with Crippen molar-refractivity contribution in [3.05, 3.63) is 22.6 Å². The molecule has 8 nitrogen and oxygen atoms in total. The van der Waals surface area contributed by atoms with Gasteiger partial charge in [0.05, 0.1) is 12.5 Å². The van der Waals surface area contributed by atoms with Crippen molar-refractivity contribution in [3.63, 3.8) is 0 Å². The Hall–Kier alpha value is -1.94. The Balaban J connectivity index is 2.05. The lowest BCUT2D eigenvalue weighted by Gasteiger charge is -2.36. The summed E-state index contributed by atoms with van der Waals surface area (Å²) in [5, 5.41) is 5.24. The third kappa shape index (κ3) is 5.27. The highest BCUT2D eigenvalue weighted by molar-refractivity contribution is 9.10. The van der Waals surface area contributed by atoms with Crippen LogP contribution in [0.25, 0.3) is 0 Å². The molecular weight excluding hydrogens is 414 g/mol. The molecular formula is C15H18BrN3O5S. The average Bonchev–Trinajstić information content (AvgIpc) is 2.95.